The molecule has 0 fully saturated rings. The van der Waals surface area contributed by atoms with E-state index in [1.165, 1.54) is 38.9 Å². The van der Waals surface area contributed by atoms with Gasteiger partial charge in [-0.3, -0.25) is 0 Å². The molecule has 4 heterocycles. The van der Waals surface area contributed by atoms with Gasteiger partial charge in [-0.2, -0.15) is 36.4 Å². The van der Waals surface area contributed by atoms with Gasteiger partial charge in [0, 0.05) is 36.5 Å². The van der Waals surface area contributed by atoms with Crippen LogP contribution in [0.25, 0.3) is 22.3 Å². The molecule has 2 aromatic heterocycles. The van der Waals surface area contributed by atoms with E-state index in [2.05, 4.69) is 108 Å². The average molecular weight is 899 g/mol. The topological polar surface area (TPSA) is 32.3 Å². The van der Waals surface area contributed by atoms with Gasteiger partial charge in [0.05, 0.1) is 6.85 Å². The predicted octanol–water partition coefficient (Wildman–Crippen LogP) is 11.2. The smallest absolute Gasteiger partial charge is 0.350 e. The Kier molecular flexibility index (Phi) is 7.67. The van der Waals surface area contributed by atoms with Crippen molar-refractivity contribution in [3.63, 3.8) is 0 Å². The van der Waals surface area contributed by atoms with Crippen molar-refractivity contribution in [2.24, 2.45) is 0 Å². The molecule has 0 spiro atoms. The van der Waals surface area contributed by atoms with Gasteiger partial charge >= 0.3 is 21.1 Å². The molecule has 0 N–H and O–H groups in total. The fourth-order valence-corrected chi connectivity index (χ4v) is 9.09. The molecule has 0 radical (unpaired) electrons. The fourth-order valence-electron chi connectivity index (χ4n) is 9.09. The Hall–Kier alpha value is -5.31. The summed E-state index contributed by atoms with van der Waals surface area (Å²) in [5.74, 6) is 1.71. The SMILES string of the molecule is [2H]c1c([2H])c([2H])c(-c2cnc(N3CCCc4ccc(C5(c6[c-]c7c(cc6)CCCN7c6cc(C)ccn6)c6ccccc6-c6ccccc65)[c-]c43)c(C)c2C)c([2H])c1[2H].[Pt+2]. The Balaban J connectivity index is 0.00000462. The van der Waals surface area contributed by atoms with Crippen LogP contribution < -0.4 is 9.80 Å². The second kappa shape index (κ2) is 14.1. The van der Waals surface area contributed by atoms with Crippen molar-refractivity contribution in [2.75, 3.05) is 22.9 Å². The molecule has 2 aliphatic heterocycles. The first-order valence-electron chi connectivity index (χ1n) is 21.4. The van der Waals surface area contributed by atoms with Crippen molar-refractivity contribution in [1.82, 2.24) is 9.97 Å². The third-order valence-electron chi connectivity index (χ3n) is 11.8. The predicted molar refractivity (Wildman–Crippen MR) is 220 cm³/mol. The maximum Gasteiger partial charge on any atom is 2.00 e. The minimum absolute atomic E-state index is 0. The molecule has 1 aliphatic carbocycles. The van der Waals surface area contributed by atoms with Crippen LogP contribution >= 0.6 is 0 Å². The number of aromatic nitrogens is 2. The molecule has 10 rings (SSSR count). The van der Waals surface area contributed by atoms with Crippen LogP contribution in [-0.4, -0.2) is 23.1 Å². The van der Waals surface area contributed by atoms with E-state index in [4.69, 9.17) is 16.8 Å². The number of anilines is 4. The Labute approximate surface area is 346 Å². The number of fused-ring (bicyclic) bond motifs is 5. The number of benzene rings is 5. The number of pyridine rings is 2. The molecule has 0 atom stereocenters. The van der Waals surface area contributed by atoms with E-state index in [1.807, 2.05) is 26.1 Å². The van der Waals surface area contributed by atoms with E-state index >= 15 is 0 Å². The van der Waals surface area contributed by atoms with Crippen molar-refractivity contribution in [2.45, 2.75) is 51.9 Å². The third-order valence-corrected chi connectivity index (χ3v) is 11.8. The Bertz CT molecular complexity index is 2800. The van der Waals surface area contributed by atoms with Gasteiger partial charge < -0.3 is 9.80 Å². The second-order valence-electron chi connectivity index (χ2n) is 14.8. The minimum Gasteiger partial charge on any atom is -0.350 e. The molecule has 5 aromatic carbocycles. The van der Waals surface area contributed by atoms with Crippen LogP contribution in [0.1, 0.15) is 69.8 Å². The summed E-state index contributed by atoms with van der Waals surface area (Å²) in [6.07, 6.45) is 7.43. The molecular formula is C50H42N4Pt. The quantitative estimate of drug-likeness (QED) is 0.161. The first-order valence-corrected chi connectivity index (χ1v) is 18.9. The maximum absolute atomic E-state index is 8.68. The number of nitrogens with zero attached hydrogens (tertiary/aromatic N) is 4. The zero-order chi connectivity index (χ0) is 40.7. The Morgan fingerprint density at radius 3 is 1.89 bits per heavy atom. The normalized spacial score (nSPS) is 16.3. The van der Waals surface area contributed by atoms with E-state index in [0.29, 0.717) is 5.56 Å². The van der Waals surface area contributed by atoms with Gasteiger partial charge in [0.2, 0.25) is 0 Å². The van der Waals surface area contributed by atoms with Crippen molar-refractivity contribution >= 4 is 23.0 Å². The summed E-state index contributed by atoms with van der Waals surface area (Å²) in [5.41, 5.74) is 14.2. The molecule has 0 amide bonds. The summed E-state index contributed by atoms with van der Waals surface area (Å²) < 4.78 is 42.1. The van der Waals surface area contributed by atoms with Gasteiger partial charge in [-0.25, -0.2) is 9.97 Å². The molecule has 0 saturated heterocycles. The van der Waals surface area contributed by atoms with Crippen LogP contribution in [0.5, 0.6) is 0 Å². The van der Waals surface area contributed by atoms with Crippen LogP contribution in [0.15, 0.2) is 128 Å². The second-order valence-corrected chi connectivity index (χ2v) is 14.8. The van der Waals surface area contributed by atoms with Gasteiger partial charge in [0.25, 0.3) is 0 Å². The molecule has 5 heteroatoms. The summed E-state index contributed by atoms with van der Waals surface area (Å²) in [6, 6.07) is 37.3. The first kappa shape index (κ1) is 30.0. The Morgan fingerprint density at radius 1 is 0.655 bits per heavy atom. The number of aryl methyl sites for hydroxylation is 3. The first-order chi connectivity index (χ1) is 28.6. The number of hydrogen-bond donors (Lipinski definition) is 0. The summed E-state index contributed by atoms with van der Waals surface area (Å²) in [7, 11) is 0. The Morgan fingerprint density at radius 2 is 1.25 bits per heavy atom. The van der Waals surface area contributed by atoms with E-state index in [0.717, 1.165) is 84.0 Å². The molecular weight excluding hydrogens is 852 g/mol. The molecule has 0 bridgehead atoms. The number of hydrogen-bond acceptors (Lipinski definition) is 4. The summed E-state index contributed by atoms with van der Waals surface area (Å²) >= 11 is 0. The van der Waals surface area contributed by atoms with Crippen LogP contribution in [0.4, 0.5) is 23.0 Å². The van der Waals surface area contributed by atoms with E-state index < -0.39 is 11.5 Å². The molecule has 55 heavy (non-hydrogen) atoms. The van der Waals surface area contributed by atoms with Crippen molar-refractivity contribution in [3.8, 4) is 22.3 Å². The largest absolute Gasteiger partial charge is 2.00 e. The van der Waals surface area contributed by atoms with E-state index in [1.54, 1.807) is 6.20 Å². The summed E-state index contributed by atoms with van der Waals surface area (Å²) in [5, 5.41) is 0. The fraction of sp³-hybridized carbons (Fsp3) is 0.200. The zero-order valence-corrected chi connectivity index (χ0v) is 33.4. The molecule has 272 valence electrons. The van der Waals surface area contributed by atoms with Gasteiger partial charge in [-0.15, -0.1) is 22.3 Å². The van der Waals surface area contributed by atoms with E-state index in [9.17, 15) is 0 Å². The maximum atomic E-state index is 8.68. The van der Waals surface area contributed by atoms with Crippen molar-refractivity contribution < 1.29 is 27.9 Å². The van der Waals surface area contributed by atoms with Crippen LogP contribution in [0, 0.1) is 32.9 Å². The third kappa shape index (κ3) is 5.60. The monoisotopic (exact) mass is 898 g/mol. The summed E-state index contributed by atoms with van der Waals surface area (Å²) in [4.78, 5) is 14.4. The van der Waals surface area contributed by atoms with Crippen LogP contribution in [0.3, 0.4) is 0 Å². The zero-order valence-electron chi connectivity index (χ0n) is 36.1. The molecule has 0 saturated carbocycles. The molecule has 0 unspecified atom stereocenters. The van der Waals surface area contributed by atoms with Crippen LogP contribution in [0.2, 0.25) is 0 Å². The molecule has 3 aliphatic rings. The van der Waals surface area contributed by atoms with Gasteiger partial charge in [-0.05, 0) is 90.3 Å². The molecule has 7 aromatic rings. The van der Waals surface area contributed by atoms with Crippen LogP contribution in [-0.2, 0) is 39.3 Å². The molecule has 4 nitrogen and oxygen atoms in total. The number of rotatable bonds is 5. The van der Waals surface area contributed by atoms with Gasteiger partial charge in [0.15, 0.2) is 0 Å². The van der Waals surface area contributed by atoms with Crippen molar-refractivity contribution in [1.29, 1.82) is 0 Å². The van der Waals surface area contributed by atoms with Crippen molar-refractivity contribution in [3.05, 3.63) is 190 Å². The van der Waals surface area contributed by atoms with Gasteiger partial charge in [-0.1, -0.05) is 103 Å². The van der Waals surface area contributed by atoms with Gasteiger partial charge in [0.1, 0.15) is 11.6 Å². The average Bonchev–Trinajstić information content (AvgIpc) is 3.57. The summed E-state index contributed by atoms with van der Waals surface area (Å²) in [6.45, 7) is 7.67. The minimum atomic E-state index is -0.729. The standard InChI is InChI=1S/C50H42N4.Pt/c1-33-25-26-51-48(29-33)53-27-11-15-37-21-23-39(30-46(37)53)50(44-19-9-7-17-41(44)42-18-8-10-20-45(42)50)40-24-22-38-16-12-28-54(47(38)31-40)49-35(3)34(2)43(32-52-49)36-13-5-4-6-14-36;/h4-10,13-14,17-26,29,32H,11-12,15-16,27-28H2,1-3H3;/q-2;+2/i4D,5D,6D,13D,14D;. The van der Waals surface area contributed by atoms with E-state index in [-0.39, 0.29) is 50.8 Å².